The Morgan fingerprint density at radius 3 is 1.53 bits per heavy atom. The van der Waals surface area contributed by atoms with E-state index < -0.39 is 0 Å². The van der Waals surface area contributed by atoms with Crippen LogP contribution in [0.15, 0.2) is 0 Å². The first kappa shape index (κ1) is 15.0. The molecule has 0 fully saturated rings. The Labute approximate surface area is 96.3 Å². The van der Waals surface area contributed by atoms with Crippen LogP contribution in [0.1, 0.15) is 84.5 Å². The summed E-state index contributed by atoms with van der Waals surface area (Å²) in [5.41, 5.74) is 0. The van der Waals surface area contributed by atoms with Gasteiger partial charge in [-0.1, -0.05) is 71.6 Å². The zero-order valence-corrected chi connectivity index (χ0v) is 10.8. The normalized spacial score (nSPS) is 13.0. The van der Waals surface area contributed by atoms with E-state index in [9.17, 15) is 5.11 Å². The SMILES string of the molecule is CCCCCCCC(O)CCCCCC. The van der Waals surface area contributed by atoms with Crippen LogP contribution in [0.3, 0.4) is 0 Å². The topological polar surface area (TPSA) is 20.2 Å². The minimum Gasteiger partial charge on any atom is -0.393 e. The lowest BCUT2D eigenvalue weighted by molar-refractivity contribution is 0.147. The van der Waals surface area contributed by atoms with Gasteiger partial charge in [0.1, 0.15) is 0 Å². The van der Waals surface area contributed by atoms with Gasteiger partial charge in [0.05, 0.1) is 6.10 Å². The van der Waals surface area contributed by atoms with Crippen molar-refractivity contribution in [3.63, 3.8) is 0 Å². The molecule has 1 N–H and O–H groups in total. The molecular formula is C14H30O. The van der Waals surface area contributed by atoms with Crippen LogP contribution in [0, 0.1) is 0 Å². The molecule has 1 nitrogen and oxygen atoms in total. The van der Waals surface area contributed by atoms with Gasteiger partial charge in [-0.25, -0.2) is 0 Å². The number of aliphatic hydroxyl groups is 1. The Balaban J connectivity index is 3.08. The van der Waals surface area contributed by atoms with Gasteiger partial charge >= 0.3 is 0 Å². The number of unbranched alkanes of at least 4 members (excludes halogenated alkanes) is 7. The van der Waals surface area contributed by atoms with Gasteiger partial charge < -0.3 is 5.11 Å². The molecular weight excluding hydrogens is 184 g/mol. The molecule has 0 aliphatic heterocycles. The fourth-order valence-electron chi connectivity index (χ4n) is 1.93. The molecule has 0 bridgehead atoms. The second-order valence-corrected chi connectivity index (χ2v) is 4.71. The predicted octanol–water partition coefficient (Wildman–Crippen LogP) is 4.68. The number of hydrogen-bond donors (Lipinski definition) is 1. The Morgan fingerprint density at radius 2 is 1.07 bits per heavy atom. The van der Waals surface area contributed by atoms with E-state index in [1.54, 1.807) is 0 Å². The van der Waals surface area contributed by atoms with Crippen molar-refractivity contribution < 1.29 is 5.11 Å². The Morgan fingerprint density at radius 1 is 0.667 bits per heavy atom. The van der Waals surface area contributed by atoms with Crippen molar-refractivity contribution in [2.45, 2.75) is 90.6 Å². The molecule has 0 heterocycles. The van der Waals surface area contributed by atoms with E-state index in [-0.39, 0.29) is 6.10 Å². The lowest BCUT2D eigenvalue weighted by Crippen LogP contribution is -2.05. The highest BCUT2D eigenvalue weighted by Crippen LogP contribution is 2.12. The summed E-state index contributed by atoms with van der Waals surface area (Å²) in [6.45, 7) is 4.47. The van der Waals surface area contributed by atoms with Crippen LogP contribution in [0.4, 0.5) is 0 Å². The summed E-state index contributed by atoms with van der Waals surface area (Å²) in [6.07, 6.45) is 13.7. The second-order valence-electron chi connectivity index (χ2n) is 4.71. The van der Waals surface area contributed by atoms with Crippen molar-refractivity contribution in [1.29, 1.82) is 0 Å². The molecule has 0 rings (SSSR count). The minimum atomic E-state index is -0.0246. The third-order valence-electron chi connectivity index (χ3n) is 3.03. The minimum absolute atomic E-state index is 0.0246. The van der Waals surface area contributed by atoms with E-state index in [0.29, 0.717) is 0 Å². The first-order valence-corrected chi connectivity index (χ1v) is 6.99. The zero-order valence-electron chi connectivity index (χ0n) is 10.8. The molecule has 1 unspecified atom stereocenters. The largest absolute Gasteiger partial charge is 0.393 e. The Bertz CT molecular complexity index is 112. The summed E-state index contributed by atoms with van der Waals surface area (Å²) in [7, 11) is 0. The highest BCUT2D eigenvalue weighted by molar-refractivity contribution is 4.56. The lowest BCUT2D eigenvalue weighted by Gasteiger charge is -2.09. The van der Waals surface area contributed by atoms with Crippen LogP contribution >= 0.6 is 0 Å². The molecule has 0 saturated heterocycles. The second kappa shape index (κ2) is 12.0. The van der Waals surface area contributed by atoms with Crippen molar-refractivity contribution >= 4 is 0 Å². The molecule has 1 atom stereocenters. The summed E-state index contributed by atoms with van der Waals surface area (Å²) in [4.78, 5) is 0. The van der Waals surface area contributed by atoms with E-state index >= 15 is 0 Å². The third-order valence-corrected chi connectivity index (χ3v) is 3.03. The van der Waals surface area contributed by atoms with Gasteiger partial charge in [-0.2, -0.15) is 0 Å². The maximum Gasteiger partial charge on any atom is 0.0540 e. The highest BCUT2D eigenvalue weighted by Gasteiger charge is 2.02. The molecule has 0 spiro atoms. The fourth-order valence-corrected chi connectivity index (χ4v) is 1.93. The Kier molecular flexibility index (Phi) is 12.0. The summed E-state index contributed by atoms with van der Waals surface area (Å²) in [6, 6.07) is 0. The maximum absolute atomic E-state index is 9.71. The van der Waals surface area contributed by atoms with Crippen LogP contribution in [0.2, 0.25) is 0 Å². The van der Waals surface area contributed by atoms with Gasteiger partial charge in [-0.3, -0.25) is 0 Å². The molecule has 0 aromatic carbocycles. The molecule has 15 heavy (non-hydrogen) atoms. The smallest absolute Gasteiger partial charge is 0.0540 e. The molecule has 1 heteroatoms. The van der Waals surface area contributed by atoms with E-state index in [4.69, 9.17) is 0 Å². The summed E-state index contributed by atoms with van der Waals surface area (Å²) in [5, 5.41) is 9.71. The molecule has 0 aromatic rings. The third kappa shape index (κ3) is 11.9. The van der Waals surface area contributed by atoms with Gasteiger partial charge in [0, 0.05) is 0 Å². The van der Waals surface area contributed by atoms with Gasteiger partial charge in [0.2, 0.25) is 0 Å². The van der Waals surface area contributed by atoms with Crippen molar-refractivity contribution in [2.75, 3.05) is 0 Å². The number of rotatable bonds is 11. The Hall–Kier alpha value is -0.0400. The molecule has 0 aromatic heterocycles. The number of aliphatic hydroxyl groups excluding tert-OH is 1. The monoisotopic (exact) mass is 214 g/mol. The van der Waals surface area contributed by atoms with E-state index in [0.717, 1.165) is 12.8 Å². The van der Waals surface area contributed by atoms with Crippen LogP contribution in [-0.2, 0) is 0 Å². The van der Waals surface area contributed by atoms with E-state index in [2.05, 4.69) is 13.8 Å². The van der Waals surface area contributed by atoms with E-state index in [1.807, 2.05) is 0 Å². The average molecular weight is 214 g/mol. The van der Waals surface area contributed by atoms with Gasteiger partial charge in [-0.15, -0.1) is 0 Å². The molecule has 0 radical (unpaired) electrons. The molecule has 0 aliphatic carbocycles. The van der Waals surface area contributed by atoms with Crippen LogP contribution in [0.5, 0.6) is 0 Å². The molecule has 0 aliphatic rings. The van der Waals surface area contributed by atoms with E-state index in [1.165, 1.54) is 57.8 Å². The molecule has 0 amide bonds. The molecule has 0 saturated carbocycles. The predicted molar refractivity (Wildman–Crippen MR) is 68.1 cm³/mol. The highest BCUT2D eigenvalue weighted by atomic mass is 16.3. The van der Waals surface area contributed by atoms with Crippen LogP contribution in [0.25, 0.3) is 0 Å². The van der Waals surface area contributed by atoms with Gasteiger partial charge in [-0.05, 0) is 12.8 Å². The van der Waals surface area contributed by atoms with Gasteiger partial charge in [0.15, 0.2) is 0 Å². The first-order valence-electron chi connectivity index (χ1n) is 6.99. The maximum atomic E-state index is 9.71. The van der Waals surface area contributed by atoms with Crippen LogP contribution in [-0.4, -0.2) is 11.2 Å². The number of hydrogen-bond acceptors (Lipinski definition) is 1. The standard InChI is InChI=1S/C14H30O/c1-3-5-7-9-11-13-14(15)12-10-8-6-4-2/h14-15H,3-13H2,1-2H3. The van der Waals surface area contributed by atoms with Crippen LogP contribution < -0.4 is 0 Å². The first-order chi connectivity index (χ1) is 7.31. The summed E-state index contributed by atoms with van der Waals surface area (Å²) in [5.74, 6) is 0. The lowest BCUT2D eigenvalue weighted by atomic mass is 10.0. The molecule has 92 valence electrons. The average Bonchev–Trinajstić information content (AvgIpc) is 2.24. The quantitative estimate of drug-likeness (QED) is 0.495. The van der Waals surface area contributed by atoms with Crippen molar-refractivity contribution in [1.82, 2.24) is 0 Å². The van der Waals surface area contributed by atoms with Crippen molar-refractivity contribution in [3.05, 3.63) is 0 Å². The van der Waals surface area contributed by atoms with Crippen molar-refractivity contribution in [2.24, 2.45) is 0 Å². The zero-order chi connectivity index (χ0) is 11.4. The fraction of sp³-hybridized carbons (Fsp3) is 1.00. The summed E-state index contributed by atoms with van der Waals surface area (Å²) >= 11 is 0. The summed E-state index contributed by atoms with van der Waals surface area (Å²) < 4.78 is 0. The van der Waals surface area contributed by atoms with Gasteiger partial charge in [0.25, 0.3) is 0 Å². The van der Waals surface area contributed by atoms with Crippen molar-refractivity contribution in [3.8, 4) is 0 Å².